The van der Waals surface area contributed by atoms with Gasteiger partial charge in [0.05, 0.1) is 0 Å². The summed E-state index contributed by atoms with van der Waals surface area (Å²) in [6.07, 6.45) is 2.90. The standard InChI is InChI=1S/C8H11NO4/c1-2-3-4-9-7(10)6-5-12-8(11)13-6/h5H,2-4H2,1H3,(H,9,10). The maximum Gasteiger partial charge on any atom is 0.519 e. The van der Waals surface area contributed by atoms with Crippen molar-refractivity contribution in [3.8, 4) is 0 Å². The summed E-state index contributed by atoms with van der Waals surface area (Å²) in [5.74, 6) is -1.36. The molecule has 1 aromatic rings. The van der Waals surface area contributed by atoms with Crippen molar-refractivity contribution < 1.29 is 13.6 Å². The van der Waals surface area contributed by atoms with Crippen LogP contribution in [0.4, 0.5) is 0 Å². The van der Waals surface area contributed by atoms with Gasteiger partial charge < -0.3 is 14.2 Å². The van der Waals surface area contributed by atoms with Gasteiger partial charge in [0, 0.05) is 6.54 Å². The molecule has 0 aliphatic rings. The Hall–Kier alpha value is -1.52. The van der Waals surface area contributed by atoms with E-state index in [0.717, 1.165) is 19.1 Å². The van der Waals surface area contributed by atoms with Crippen molar-refractivity contribution in [2.75, 3.05) is 6.54 Å². The van der Waals surface area contributed by atoms with Crippen LogP contribution in [0, 0.1) is 0 Å². The molecule has 0 radical (unpaired) electrons. The molecule has 0 fully saturated rings. The van der Waals surface area contributed by atoms with Gasteiger partial charge in [0.1, 0.15) is 6.26 Å². The topological polar surface area (TPSA) is 72.5 Å². The molecule has 0 aliphatic carbocycles. The zero-order valence-corrected chi connectivity index (χ0v) is 7.33. The van der Waals surface area contributed by atoms with Gasteiger partial charge in [0.2, 0.25) is 5.76 Å². The van der Waals surface area contributed by atoms with E-state index in [9.17, 15) is 9.59 Å². The van der Waals surface area contributed by atoms with Gasteiger partial charge in [-0.3, -0.25) is 4.79 Å². The SMILES string of the molecule is CCCCNC(=O)c1coc(=O)o1. The van der Waals surface area contributed by atoms with E-state index in [2.05, 4.69) is 14.2 Å². The molecular weight excluding hydrogens is 174 g/mol. The summed E-state index contributed by atoms with van der Waals surface area (Å²) in [5, 5.41) is 2.58. The van der Waals surface area contributed by atoms with Crippen LogP contribution in [-0.2, 0) is 0 Å². The van der Waals surface area contributed by atoms with Crippen molar-refractivity contribution in [3.63, 3.8) is 0 Å². The minimum absolute atomic E-state index is 0.0823. The predicted octanol–water partition coefficient (Wildman–Crippen LogP) is 0.763. The summed E-state index contributed by atoms with van der Waals surface area (Å²) in [4.78, 5) is 21.5. The first-order valence-corrected chi connectivity index (χ1v) is 4.11. The number of rotatable bonds is 4. The molecule has 0 aliphatic heterocycles. The van der Waals surface area contributed by atoms with E-state index in [1.165, 1.54) is 0 Å². The van der Waals surface area contributed by atoms with E-state index < -0.39 is 11.7 Å². The lowest BCUT2D eigenvalue weighted by Crippen LogP contribution is -2.23. The summed E-state index contributed by atoms with van der Waals surface area (Å²) < 4.78 is 8.75. The van der Waals surface area contributed by atoms with Crippen LogP contribution >= 0.6 is 0 Å². The van der Waals surface area contributed by atoms with Crippen LogP contribution in [0.2, 0.25) is 0 Å². The fraction of sp³-hybridized carbons (Fsp3) is 0.500. The Morgan fingerprint density at radius 3 is 2.92 bits per heavy atom. The van der Waals surface area contributed by atoms with E-state index in [-0.39, 0.29) is 5.76 Å². The molecule has 1 rings (SSSR count). The second-order valence-corrected chi connectivity index (χ2v) is 2.56. The molecule has 1 aromatic heterocycles. The number of hydrogen-bond acceptors (Lipinski definition) is 4. The van der Waals surface area contributed by atoms with Crippen LogP contribution in [-0.4, -0.2) is 12.5 Å². The summed E-state index contributed by atoms with van der Waals surface area (Å²) in [7, 11) is 0. The van der Waals surface area contributed by atoms with Gasteiger partial charge in [-0.05, 0) is 6.42 Å². The molecule has 1 amide bonds. The number of carbonyl (C=O) groups is 1. The van der Waals surface area contributed by atoms with Gasteiger partial charge in [-0.25, -0.2) is 4.79 Å². The maximum atomic E-state index is 11.1. The molecule has 0 atom stereocenters. The van der Waals surface area contributed by atoms with Crippen molar-refractivity contribution in [2.24, 2.45) is 0 Å². The van der Waals surface area contributed by atoms with Gasteiger partial charge in [0.25, 0.3) is 5.91 Å². The van der Waals surface area contributed by atoms with Crippen LogP contribution in [0.15, 0.2) is 19.9 Å². The Morgan fingerprint density at radius 1 is 1.62 bits per heavy atom. The Kier molecular flexibility index (Phi) is 3.31. The first-order valence-electron chi connectivity index (χ1n) is 4.11. The highest BCUT2D eigenvalue weighted by Gasteiger charge is 2.10. The van der Waals surface area contributed by atoms with Crippen molar-refractivity contribution in [3.05, 3.63) is 22.6 Å². The summed E-state index contributed by atoms with van der Waals surface area (Å²) in [6, 6.07) is 0. The maximum absolute atomic E-state index is 11.1. The fourth-order valence-corrected chi connectivity index (χ4v) is 0.805. The van der Waals surface area contributed by atoms with Crippen LogP contribution in [0.5, 0.6) is 0 Å². The van der Waals surface area contributed by atoms with E-state index in [1.807, 2.05) is 6.92 Å². The third kappa shape index (κ3) is 2.77. The molecular formula is C8H11NO4. The fourth-order valence-electron chi connectivity index (χ4n) is 0.805. The molecule has 0 bridgehead atoms. The number of nitrogens with one attached hydrogen (secondary N) is 1. The Bertz CT molecular complexity index is 325. The molecule has 13 heavy (non-hydrogen) atoms. The molecule has 5 heteroatoms. The van der Waals surface area contributed by atoms with Crippen LogP contribution in [0.25, 0.3) is 0 Å². The Labute approximate surface area is 74.7 Å². The lowest BCUT2D eigenvalue weighted by atomic mass is 10.3. The number of carbonyl (C=O) groups excluding carboxylic acids is 1. The highest BCUT2D eigenvalue weighted by Crippen LogP contribution is 1.94. The van der Waals surface area contributed by atoms with E-state index in [1.54, 1.807) is 0 Å². The molecule has 1 heterocycles. The van der Waals surface area contributed by atoms with E-state index in [0.29, 0.717) is 6.54 Å². The largest absolute Gasteiger partial charge is 0.519 e. The summed E-state index contributed by atoms with van der Waals surface area (Å²) in [5.41, 5.74) is 0. The first kappa shape index (κ1) is 9.57. The molecule has 0 saturated heterocycles. The van der Waals surface area contributed by atoms with Gasteiger partial charge in [-0.15, -0.1) is 0 Å². The highest BCUT2D eigenvalue weighted by molar-refractivity contribution is 5.90. The lowest BCUT2D eigenvalue weighted by Gasteiger charge is -1.98. The van der Waals surface area contributed by atoms with Crippen LogP contribution in [0.1, 0.15) is 30.3 Å². The minimum atomic E-state index is -0.861. The van der Waals surface area contributed by atoms with E-state index >= 15 is 0 Å². The van der Waals surface area contributed by atoms with Crippen molar-refractivity contribution in [2.45, 2.75) is 19.8 Å². The third-order valence-electron chi connectivity index (χ3n) is 1.50. The van der Waals surface area contributed by atoms with Crippen LogP contribution in [0.3, 0.4) is 0 Å². The molecule has 5 nitrogen and oxygen atoms in total. The van der Waals surface area contributed by atoms with Gasteiger partial charge in [0.15, 0.2) is 0 Å². The molecule has 1 N–H and O–H groups in total. The van der Waals surface area contributed by atoms with Gasteiger partial charge >= 0.3 is 5.82 Å². The third-order valence-corrected chi connectivity index (χ3v) is 1.50. The second kappa shape index (κ2) is 4.49. The van der Waals surface area contributed by atoms with Gasteiger partial charge in [-0.2, -0.15) is 0 Å². The van der Waals surface area contributed by atoms with Gasteiger partial charge in [-0.1, -0.05) is 13.3 Å². The number of unbranched alkanes of at least 4 members (excludes halogenated alkanes) is 1. The Balaban J connectivity index is 2.44. The van der Waals surface area contributed by atoms with E-state index in [4.69, 9.17) is 0 Å². The normalized spacial score (nSPS) is 9.92. The molecule has 72 valence electrons. The average Bonchev–Trinajstić information content (AvgIpc) is 2.52. The van der Waals surface area contributed by atoms with Crippen molar-refractivity contribution >= 4 is 5.91 Å². The van der Waals surface area contributed by atoms with Crippen molar-refractivity contribution in [1.82, 2.24) is 5.32 Å². The smallest absolute Gasteiger partial charge is 0.398 e. The summed E-state index contributed by atoms with van der Waals surface area (Å²) >= 11 is 0. The Morgan fingerprint density at radius 2 is 2.38 bits per heavy atom. The monoisotopic (exact) mass is 185 g/mol. The first-order chi connectivity index (χ1) is 6.24. The molecule has 0 spiro atoms. The zero-order valence-electron chi connectivity index (χ0n) is 7.33. The number of amides is 1. The lowest BCUT2D eigenvalue weighted by molar-refractivity contribution is 0.0923. The quantitative estimate of drug-likeness (QED) is 0.703. The molecule has 0 saturated carbocycles. The summed E-state index contributed by atoms with van der Waals surface area (Å²) in [6.45, 7) is 2.59. The zero-order chi connectivity index (χ0) is 9.68. The molecule has 0 unspecified atom stereocenters. The number of hydrogen-bond donors (Lipinski definition) is 1. The second-order valence-electron chi connectivity index (χ2n) is 2.56. The highest BCUT2D eigenvalue weighted by atomic mass is 16.6. The average molecular weight is 185 g/mol. The predicted molar refractivity (Wildman–Crippen MR) is 44.5 cm³/mol. The van der Waals surface area contributed by atoms with Crippen molar-refractivity contribution in [1.29, 1.82) is 0 Å². The van der Waals surface area contributed by atoms with Crippen LogP contribution < -0.4 is 11.1 Å². The molecule has 0 aromatic carbocycles. The minimum Gasteiger partial charge on any atom is -0.398 e.